The Kier molecular flexibility index (Phi) is 6.31. The van der Waals surface area contributed by atoms with Gasteiger partial charge in [0, 0.05) is 44.1 Å². The fourth-order valence-corrected chi connectivity index (χ4v) is 3.82. The molecule has 0 bridgehead atoms. The fourth-order valence-electron chi connectivity index (χ4n) is 3.82. The average Bonchev–Trinajstić information content (AvgIpc) is 2.83. The van der Waals surface area contributed by atoms with Crippen LogP contribution in [0.15, 0.2) is 61.1 Å². The Labute approximate surface area is 181 Å². The van der Waals surface area contributed by atoms with Crippen LogP contribution in [0.25, 0.3) is 0 Å². The number of amides is 2. The molecule has 0 spiro atoms. The predicted molar refractivity (Wildman–Crippen MR) is 116 cm³/mol. The lowest BCUT2D eigenvalue weighted by Crippen LogP contribution is -2.39. The van der Waals surface area contributed by atoms with Gasteiger partial charge in [0.25, 0.3) is 11.8 Å². The summed E-state index contributed by atoms with van der Waals surface area (Å²) in [6, 6.07) is 13.3. The molecule has 0 saturated carbocycles. The summed E-state index contributed by atoms with van der Waals surface area (Å²) in [5.41, 5.74) is 2.74. The summed E-state index contributed by atoms with van der Waals surface area (Å²) in [6.45, 7) is 3.55. The molecule has 1 saturated heterocycles. The minimum Gasteiger partial charge on any atom is -0.348 e. The number of pyridine rings is 1. The third kappa shape index (κ3) is 4.94. The minimum absolute atomic E-state index is 0.0218. The molecule has 1 N–H and O–H groups in total. The number of nitrogens with zero attached hydrogens (tertiary/aromatic N) is 4. The highest BCUT2D eigenvalue weighted by atomic mass is 16.2. The van der Waals surface area contributed by atoms with Crippen LogP contribution in [0.2, 0.25) is 0 Å². The summed E-state index contributed by atoms with van der Waals surface area (Å²) in [7, 11) is 0. The number of rotatable bonds is 5. The first-order valence-corrected chi connectivity index (χ1v) is 10.5. The molecule has 4 rings (SSSR count). The van der Waals surface area contributed by atoms with Gasteiger partial charge in [-0.2, -0.15) is 0 Å². The highest BCUT2D eigenvalue weighted by Crippen LogP contribution is 2.26. The third-order valence-electron chi connectivity index (χ3n) is 5.52. The number of hydrogen-bond donors (Lipinski definition) is 1. The Balaban J connectivity index is 1.42. The van der Waals surface area contributed by atoms with Crippen molar-refractivity contribution in [1.29, 1.82) is 0 Å². The predicted octanol–water partition coefficient (Wildman–Crippen LogP) is 3.13. The normalized spacial score (nSPS) is 16.0. The maximum Gasteiger partial charge on any atom is 0.255 e. The number of nitrogens with one attached hydrogen (secondary N) is 1. The van der Waals surface area contributed by atoms with Gasteiger partial charge >= 0.3 is 0 Å². The average molecular weight is 415 g/mol. The van der Waals surface area contributed by atoms with Crippen LogP contribution in [-0.4, -0.2) is 44.8 Å². The molecule has 2 aromatic heterocycles. The van der Waals surface area contributed by atoms with E-state index in [1.54, 1.807) is 30.7 Å². The second kappa shape index (κ2) is 9.47. The third-order valence-corrected chi connectivity index (χ3v) is 5.52. The SMILES string of the molecule is Cc1nc([C@@H]2CCCN(C(=O)c3cccnc3)C2)ncc1C(=O)NCc1ccccc1. The summed E-state index contributed by atoms with van der Waals surface area (Å²) in [5, 5.41) is 2.92. The first-order chi connectivity index (χ1) is 15.1. The first-order valence-electron chi connectivity index (χ1n) is 10.5. The molecule has 1 aromatic carbocycles. The largest absolute Gasteiger partial charge is 0.348 e. The van der Waals surface area contributed by atoms with E-state index in [-0.39, 0.29) is 17.7 Å². The van der Waals surface area contributed by atoms with Crippen LogP contribution in [0.5, 0.6) is 0 Å². The van der Waals surface area contributed by atoms with Crippen molar-refractivity contribution in [1.82, 2.24) is 25.2 Å². The van der Waals surface area contributed by atoms with Gasteiger partial charge in [-0.05, 0) is 37.5 Å². The van der Waals surface area contributed by atoms with Gasteiger partial charge in [-0.3, -0.25) is 14.6 Å². The lowest BCUT2D eigenvalue weighted by Gasteiger charge is -2.32. The Morgan fingerprint density at radius 3 is 2.71 bits per heavy atom. The molecule has 7 nitrogen and oxygen atoms in total. The van der Waals surface area contributed by atoms with E-state index in [4.69, 9.17) is 0 Å². The van der Waals surface area contributed by atoms with Crippen molar-refractivity contribution in [3.05, 3.63) is 89.3 Å². The molecule has 1 atom stereocenters. The van der Waals surface area contributed by atoms with Gasteiger partial charge in [0.1, 0.15) is 5.82 Å². The molecule has 1 fully saturated rings. The van der Waals surface area contributed by atoms with Crippen molar-refractivity contribution in [2.24, 2.45) is 0 Å². The van der Waals surface area contributed by atoms with Crippen molar-refractivity contribution in [3.8, 4) is 0 Å². The molecule has 2 amide bonds. The van der Waals surface area contributed by atoms with E-state index >= 15 is 0 Å². The monoisotopic (exact) mass is 415 g/mol. The highest BCUT2D eigenvalue weighted by molar-refractivity contribution is 5.95. The highest BCUT2D eigenvalue weighted by Gasteiger charge is 2.27. The van der Waals surface area contributed by atoms with E-state index in [0.717, 1.165) is 18.4 Å². The minimum atomic E-state index is -0.190. The Bertz CT molecular complexity index is 1060. The smallest absolute Gasteiger partial charge is 0.255 e. The van der Waals surface area contributed by atoms with Crippen LogP contribution in [0.1, 0.15) is 56.6 Å². The summed E-state index contributed by atoms with van der Waals surface area (Å²) in [6.07, 6.45) is 6.65. The summed E-state index contributed by atoms with van der Waals surface area (Å²) >= 11 is 0. The number of piperidine rings is 1. The van der Waals surface area contributed by atoms with Crippen LogP contribution in [0, 0.1) is 6.92 Å². The van der Waals surface area contributed by atoms with Crippen molar-refractivity contribution in [2.75, 3.05) is 13.1 Å². The zero-order chi connectivity index (χ0) is 21.6. The molecule has 3 aromatic rings. The van der Waals surface area contributed by atoms with Gasteiger partial charge < -0.3 is 10.2 Å². The van der Waals surface area contributed by atoms with Gasteiger partial charge in [-0.1, -0.05) is 30.3 Å². The first kappa shape index (κ1) is 20.7. The van der Waals surface area contributed by atoms with E-state index < -0.39 is 0 Å². The number of aromatic nitrogens is 3. The number of aryl methyl sites for hydroxylation is 1. The molecule has 1 aliphatic rings. The van der Waals surface area contributed by atoms with E-state index in [1.807, 2.05) is 42.2 Å². The molecule has 0 aliphatic carbocycles. The molecular formula is C24H25N5O2. The van der Waals surface area contributed by atoms with Gasteiger partial charge in [0.2, 0.25) is 0 Å². The van der Waals surface area contributed by atoms with Gasteiger partial charge in [-0.15, -0.1) is 0 Å². The van der Waals surface area contributed by atoms with Crippen LogP contribution in [0.4, 0.5) is 0 Å². The van der Waals surface area contributed by atoms with Crippen molar-refractivity contribution >= 4 is 11.8 Å². The molecule has 1 aliphatic heterocycles. The number of carbonyl (C=O) groups is 2. The van der Waals surface area contributed by atoms with Crippen LogP contribution < -0.4 is 5.32 Å². The number of carbonyl (C=O) groups excluding carboxylic acids is 2. The maximum absolute atomic E-state index is 12.8. The number of benzene rings is 1. The number of hydrogen-bond acceptors (Lipinski definition) is 5. The molecule has 3 heterocycles. The van der Waals surface area contributed by atoms with Crippen molar-refractivity contribution in [3.63, 3.8) is 0 Å². The Morgan fingerprint density at radius 1 is 1.13 bits per heavy atom. The van der Waals surface area contributed by atoms with Crippen LogP contribution >= 0.6 is 0 Å². The summed E-state index contributed by atoms with van der Waals surface area (Å²) < 4.78 is 0. The Hall–Kier alpha value is -3.61. The van der Waals surface area contributed by atoms with Gasteiger partial charge in [0.05, 0.1) is 16.8 Å². The molecule has 31 heavy (non-hydrogen) atoms. The van der Waals surface area contributed by atoms with Crippen molar-refractivity contribution < 1.29 is 9.59 Å². The molecule has 7 heteroatoms. The standard InChI is InChI=1S/C24H25N5O2/c1-17-21(23(30)27-13-18-7-3-2-4-8-18)15-26-22(28-17)20-10-6-12-29(16-20)24(31)19-9-5-11-25-14-19/h2-5,7-9,11,14-15,20H,6,10,12-13,16H2,1H3,(H,27,30)/t20-/m1/s1. The lowest BCUT2D eigenvalue weighted by atomic mass is 9.96. The molecule has 158 valence electrons. The summed E-state index contributed by atoms with van der Waals surface area (Å²) in [4.78, 5) is 40.3. The quantitative estimate of drug-likeness (QED) is 0.692. The topological polar surface area (TPSA) is 88.1 Å². The second-order valence-electron chi connectivity index (χ2n) is 7.73. The van der Waals surface area contributed by atoms with Crippen LogP contribution in [0.3, 0.4) is 0 Å². The number of likely N-dealkylation sites (tertiary alicyclic amines) is 1. The van der Waals surface area contributed by atoms with Gasteiger partial charge in [-0.25, -0.2) is 9.97 Å². The van der Waals surface area contributed by atoms with Gasteiger partial charge in [0.15, 0.2) is 0 Å². The maximum atomic E-state index is 12.8. The zero-order valence-electron chi connectivity index (χ0n) is 17.5. The molecule has 0 unspecified atom stereocenters. The van der Waals surface area contributed by atoms with Crippen LogP contribution in [-0.2, 0) is 6.54 Å². The lowest BCUT2D eigenvalue weighted by molar-refractivity contribution is 0.0704. The van der Waals surface area contributed by atoms with E-state index in [9.17, 15) is 9.59 Å². The zero-order valence-corrected chi connectivity index (χ0v) is 17.5. The Morgan fingerprint density at radius 2 is 1.97 bits per heavy atom. The fraction of sp³-hybridized carbons (Fsp3) is 0.292. The van der Waals surface area contributed by atoms with E-state index in [0.29, 0.717) is 42.3 Å². The van der Waals surface area contributed by atoms with Crippen molar-refractivity contribution in [2.45, 2.75) is 32.2 Å². The molecular weight excluding hydrogens is 390 g/mol. The van der Waals surface area contributed by atoms with E-state index in [2.05, 4.69) is 20.3 Å². The second-order valence-corrected chi connectivity index (χ2v) is 7.73. The summed E-state index contributed by atoms with van der Waals surface area (Å²) in [5.74, 6) is 0.520. The molecule has 0 radical (unpaired) electrons. The van der Waals surface area contributed by atoms with E-state index in [1.165, 1.54) is 0 Å².